The Bertz CT molecular complexity index is 53.2. The van der Waals surface area contributed by atoms with E-state index in [9.17, 15) is 0 Å². The van der Waals surface area contributed by atoms with Crippen molar-refractivity contribution in [2.24, 2.45) is 0 Å². The maximum atomic E-state index is 2.34. The molecule has 0 fully saturated rings. The number of unbranched alkanes of at least 4 members (excludes halogenated alkanes) is 1. The maximum Gasteiger partial charge on any atom is 0.0473 e. The summed E-state index contributed by atoms with van der Waals surface area (Å²) < 4.78 is 0. The number of rotatable bonds is 5. The Morgan fingerprint density at radius 2 is 1.50 bits per heavy atom. The van der Waals surface area contributed by atoms with Crippen LogP contribution < -0.4 is 0 Å². The van der Waals surface area contributed by atoms with Gasteiger partial charge in [0.2, 0.25) is 0 Å². The van der Waals surface area contributed by atoms with Gasteiger partial charge in [-0.2, -0.15) is 0 Å². The summed E-state index contributed by atoms with van der Waals surface area (Å²) in [6, 6.07) is 4.50. The fourth-order valence-electron chi connectivity index (χ4n) is 1.03. The first kappa shape index (κ1) is 13.9. The van der Waals surface area contributed by atoms with E-state index in [1.54, 1.807) is 6.04 Å². The molecule has 0 spiro atoms. The van der Waals surface area contributed by atoms with Crippen molar-refractivity contribution in [1.82, 2.24) is 0 Å². The molecule has 0 bridgehead atoms. The number of hydrogen-bond donors (Lipinski definition) is 0. The van der Waals surface area contributed by atoms with Gasteiger partial charge in [-0.15, -0.1) is 0 Å². The van der Waals surface area contributed by atoms with E-state index >= 15 is 0 Å². The molecular weight excluding hydrogens is 213 g/mol. The summed E-state index contributed by atoms with van der Waals surface area (Å²) in [5, 5.41) is 0. The van der Waals surface area contributed by atoms with Crippen LogP contribution in [0, 0.1) is 0 Å². The Morgan fingerprint density at radius 3 is 1.80 bits per heavy atom. The molecule has 2 radical (unpaired) electrons. The van der Waals surface area contributed by atoms with E-state index in [4.69, 9.17) is 0 Å². The molecule has 0 saturated heterocycles. The van der Waals surface area contributed by atoms with Gasteiger partial charge in [0.15, 0.2) is 0 Å². The van der Waals surface area contributed by atoms with Gasteiger partial charge >= 0.3 is 0 Å². The van der Waals surface area contributed by atoms with Crippen molar-refractivity contribution in [3.63, 3.8) is 0 Å². The fourth-order valence-corrected chi connectivity index (χ4v) is 3.09. The van der Waals surface area contributed by atoms with Gasteiger partial charge < -0.3 is 0 Å². The molecule has 0 saturated carbocycles. The molecule has 0 unspecified atom stereocenters. The molecule has 0 amide bonds. The van der Waals surface area contributed by atoms with Crippen LogP contribution in [0.5, 0.6) is 0 Å². The standard InChI is InChI=1S/C8H19Si.Y/c1-4-7-8-9(5-2)6-3;/h4-8H2,1-3H3;. The van der Waals surface area contributed by atoms with Gasteiger partial charge in [-0.05, 0) is 0 Å². The first-order valence-corrected chi connectivity index (χ1v) is 6.30. The predicted molar refractivity (Wildman–Crippen MR) is 46.4 cm³/mol. The fraction of sp³-hybridized carbons (Fsp3) is 1.00. The third-order valence-electron chi connectivity index (χ3n) is 1.88. The van der Waals surface area contributed by atoms with Gasteiger partial charge in [-0.1, -0.05) is 51.7 Å². The van der Waals surface area contributed by atoms with E-state index < -0.39 is 0 Å². The van der Waals surface area contributed by atoms with Crippen LogP contribution in [-0.4, -0.2) is 8.80 Å². The quantitative estimate of drug-likeness (QED) is 0.638. The summed E-state index contributed by atoms with van der Waals surface area (Å²) in [4.78, 5) is 0. The van der Waals surface area contributed by atoms with Crippen LogP contribution in [-0.2, 0) is 32.7 Å². The minimum Gasteiger partial charge on any atom is -0.0680 e. The maximum absolute atomic E-state index is 2.34. The van der Waals surface area contributed by atoms with Gasteiger partial charge in [0.05, 0.1) is 0 Å². The molecule has 0 heterocycles. The van der Waals surface area contributed by atoms with Crippen LogP contribution in [0.15, 0.2) is 0 Å². The SMILES string of the molecule is CCCC[Si](CC)CC.[Y]. The van der Waals surface area contributed by atoms with E-state index in [1.807, 2.05) is 0 Å². The van der Waals surface area contributed by atoms with Crippen molar-refractivity contribution >= 4 is 8.80 Å². The molecule has 0 aromatic carbocycles. The molecule has 2 heteroatoms. The summed E-state index contributed by atoms with van der Waals surface area (Å²) >= 11 is 0. The van der Waals surface area contributed by atoms with E-state index in [0.717, 1.165) is 0 Å². The van der Waals surface area contributed by atoms with Crippen LogP contribution >= 0.6 is 0 Å². The Hall–Kier alpha value is 1.32. The van der Waals surface area contributed by atoms with Crippen molar-refractivity contribution in [2.45, 2.75) is 51.7 Å². The molecule has 0 aliphatic heterocycles. The summed E-state index contributed by atoms with van der Waals surface area (Å²) in [5.74, 6) is 0. The molecule has 0 N–H and O–H groups in total. The largest absolute Gasteiger partial charge is 0.0680 e. The molecule has 0 rings (SSSR count). The Labute approximate surface area is 92.7 Å². The van der Waals surface area contributed by atoms with Crippen molar-refractivity contribution in [3.05, 3.63) is 0 Å². The molecular formula is C8H19SiY. The molecule has 0 aromatic heterocycles. The minimum atomic E-state index is 0. The van der Waals surface area contributed by atoms with Gasteiger partial charge in [0, 0.05) is 41.5 Å². The molecule has 0 nitrogen and oxygen atoms in total. The Balaban J connectivity index is 0. The molecule has 10 heavy (non-hydrogen) atoms. The van der Waals surface area contributed by atoms with Gasteiger partial charge in [-0.3, -0.25) is 0 Å². The second-order valence-electron chi connectivity index (χ2n) is 2.56. The second-order valence-corrected chi connectivity index (χ2v) is 5.97. The summed E-state index contributed by atoms with van der Waals surface area (Å²) in [7, 11) is 0.114. The van der Waals surface area contributed by atoms with Gasteiger partial charge in [-0.25, -0.2) is 0 Å². The summed E-state index contributed by atoms with van der Waals surface area (Å²) in [6.07, 6.45) is 2.85. The topological polar surface area (TPSA) is 0 Å². The molecule has 0 aromatic rings. The summed E-state index contributed by atoms with van der Waals surface area (Å²) in [6.45, 7) is 6.96. The van der Waals surface area contributed by atoms with Crippen molar-refractivity contribution in [3.8, 4) is 0 Å². The van der Waals surface area contributed by atoms with Crippen LogP contribution in [0.1, 0.15) is 33.6 Å². The van der Waals surface area contributed by atoms with Gasteiger partial charge in [0.25, 0.3) is 0 Å². The van der Waals surface area contributed by atoms with Crippen LogP contribution in [0.4, 0.5) is 0 Å². The minimum absolute atomic E-state index is 0. The Morgan fingerprint density at radius 1 is 1.00 bits per heavy atom. The zero-order valence-electron chi connectivity index (χ0n) is 7.61. The van der Waals surface area contributed by atoms with E-state index in [1.165, 1.54) is 24.9 Å². The van der Waals surface area contributed by atoms with E-state index in [2.05, 4.69) is 20.8 Å². The van der Waals surface area contributed by atoms with Crippen molar-refractivity contribution in [2.75, 3.05) is 0 Å². The molecule has 0 atom stereocenters. The average Bonchev–Trinajstić information content (AvgIpc) is 1.91. The zero-order valence-corrected chi connectivity index (χ0v) is 11.5. The zero-order chi connectivity index (χ0) is 7.11. The normalized spacial score (nSPS) is 9.60. The first-order chi connectivity index (χ1) is 4.35. The smallest absolute Gasteiger partial charge is 0.0473 e. The first-order valence-electron chi connectivity index (χ1n) is 4.18. The Kier molecular flexibility index (Phi) is 14.3. The third-order valence-corrected chi connectivity index (χ3v) is 4.94. The van der Waals surface area contributed by atoms with Crippen molar-refractivity contribution < 1.29 is 32.7 Å². The third kappa shape index (κ3) is 7.43. The van der Waals surface area contributed by atoms with E-state index in [0.29, 0.717) is 0 Å². The van der Waals surface area contributed by atoms with Crippen LogP contribution in [0.25, 0.3) is 0 Å². The van der Waals surface area contributed by atoms with Crippen LogP contribution in [0.2, 0.25) is 18.1 Å². The van der Waals surface area contributed by atoms with Crippen molar-refractivity contribution in [1.29, 1.82) is 0 Å². The second kappa shape index (κ2) is 10.3. The monoisotopic (exact) mass is 232 g/mol. The van der Waals surface area contributed by atoms with Crippen LogP contribution in [0.3, 0.4) is 0 Å². The molecule has 58 valence electrons. The molecule has 0 aliphatic carbocycles. The summed E-state index contributed by atoms with van der Waals surface area (Å²) in [5.41, 5.74) is 0. The predicted octanol–water partition coefficient (Wildman–Crippen LogP) is 3.32. The molecule has 0 aliphatic rings. The average molecular weight is 232 g/mol. The van der Waals surface area contributed by atoms with Gasteiger partial charge in [0.1, 0.15) is 0 Å². The number of hydrogen-bond acceptors (Lipinski definition) is 0. The van der Waals surface area contributed by atoms with E-state index in [-0.39, 0.29) is 41.5 Å².